The Morgan fingerprint density at radius 1 is 1.10 bits per heavy atom. The molecule has 4 heteroatoms. The Morgan fingerprint density at radius 3 is 2.67 bits per heavy atom. The number of ether oxygens (including phenoxy) is 2. The molecule has 0 spiro atoms. The highest BCUT2D eigenvalue weighted by molar-refractivity contribution is 5.59. The van der Waals surface area contributed by atoms with Gasteiger partial charge in [0.05, 0.1) is 12.3 Å². The number of hydrogen-bond donors (Lipinski definition) is 2. The Labute approximate surface area is 125 Å². The van der Waals surface area contributed by atoms with Crippen molar-refractivity contribution in [1.29, 1.82) is 0 Å². The minimum atomic E-state index is 0.530. The maximum atomic E-state index is 5.96. The third-order valence-electron chi connectivity index (χ3n) is 3.21. The molecule has 0 unspecified atom stereocenters. The molecule has 0 saturated heterocycles. The first-order chi connectivity index (χ1) is 10.2. The molecule has 0 aromatic heterocycles. The van der Waals surface area contributed by atoms with Gasteiger partial charge in [0, 0.05) is 19.3 Å². The lowest BCUT2D eigenvalue weighted by molar-refractivity contribution is 0.146. The van der Waals surface area contributed by atoms with E-state index in [2.05, 4.69) is 11.4 Å². The maximum absolute atomic E-state index is 5.96. The van der Waals surface area contributed by atoms with E-state index in [1.54, 1.807) is 7.11 Å². The predicted octanol–water partition coefficient (Wildman–Crippen LogP) is 3.21. The highest BCUT2D eigenvalue weighted by Gasteiger charge is 2.05. The van der Waals surface area contributed by atoms with Crippen LogP contribution >= 0.6 is 0 Å². The van der Waals surface area contributed by atoms with Crippen LogP contribution in [0.1, 0.15) is 11.1 Å². The van der Waals surface area contributed by atoms with Crippen LogP contribution in [0.2, 0.25) is 0 Å². The number of rotatable bonds is 7. The molecule has 3 N–H and O–H groups in total. The third-order valence-corrected chi connectivity index (χ3v) is 3.21. The van der Waals surface area contributed by atoms with Gasteiger partial charge < -0.3 is 20.5 Å². The van der Waals surface area contributed by atoms with Gasteiger partial charge in [-0.15, -0.1) is 0 Å². The van der Waals surface area contributed by atoms with Crippen molar-refractivity contribution in [2.45, 2.75) is 13.5 Å². The molecule has 112 valence electrons. The molecule has 0 aliphatic rings. The van der Waals surface area contributed by atoms with Gasteiger partial charge in [-0.1, -0.05) is 24.3 Å². The lowest BCUT2D eigenvalue weighted by atomic mass is 10.1. The first-order valence-electron chi connectivity index (χ1n) is 7.00. The number of anilines is 2. The zero-order chi connectivity index (χ0) is 15.1. The van der Waals surface area contributed by atoms with Crippen LogP contribution in [0.25, 0.3) is 0 Å². The number of aryl methyl sites for hydroxylation is 1. The molecule has 0 saturated carbocycles. The minimum Gasteiger partial charge on any atom is -0.489 e. The quantitative estimate of drug-likeness (QED) is 0.606. The molecule has 0 heterocycles. The van der Waals surface area contributed by atoms with E-state index in [1.807, 2.05) is 43.3 Å². The van der Waals surface area contributed by atoms with Crippen LogP contribution in [0.5, 0.6) is 5.75 Å². The topological polar surface area (TPSA) is 56.5 Å². The van der Waals surface area contributed by atoms with Crippen LogP contribution in [0.3, 0.4) is 0 Å². The summed E-state index contributed by atoms with van der Waals surface area (Å²) in [7, 11) is 1.66. The van der Waals surface area contributed by atoms with Crippen LogP contribution in [0.4, 0.5) is 11.4 Å². The van der Waals surface area contributed by atoms with E-state index in [0.29, 0.717) is 19.8 Å². The Bertz CT molecular complexity index is 585. The van der Waals surface area contributed by atoms with Crippen molar-refractivity contribution in [3.05, 3.63) is 53.6 Å². The molecule has 0 fully saturated rings. The molecule has 2 rings (SSSR count). The molecule has 21 heavy (non-hydrogen) atoms. The van der Waals surface area contributed by atoms with Gasteiger partial charge in [0.15, 0.2) is 0 Å². The second-order valence-corrected chi connectivity index (χ2v) is 4.89. The predicted molar refractivity (Wildman–Crippen MR) is 86.7 cm³/mol. The van der Waals surface area contributed by atoms with E-state index >= 15 is 0 Å². The third kappa shape index (κ3) is 4.39. The molecule has 4 nitrogen and oxygen atoms in total. The average Bonchev–Trinajstić information content (AvgIpc) is 2.48. The fraction of sp³-hybridized carbons (Fsp3) is 0.294. The smallest absolute Gasteiger partial charge is 0.142 e. The van der Waals surface area contributed by atoms with E-state index < -0.39 is 0 Å². The molecule has 0 bridgehead atoms. The molecule has 0 radical (unpaired) electrons. The number of para-hydroxylation sites is 1. The van der Waals surface area contributed by atoms with Gasteiger partial charge >= 0.3 is 0 Å². The Hall–Kier alpha value is -2.20. The van der Waals surface area contributed by atoms with E-state index in [-0.39, 0.29) is 0 Å². The zero-order valence-electron chi connectivity index (χ0n) is 12.6. The molecule has 0 aliphatic carbocycles. The largest absolute Gasteiger partial charge is 0.489 e. The van der Waals surface area contributed by atoms with Crippen molar-refractivity contribution < 1.29 is 9.47 Å². The van der Waals surface area contributed by atoms with Crippen molar-refractivity contribution >= 4 is 11.4 Å². The van der Waals surface area contributed by atoms with Gasteiger partial charge in [-0.25, -0.2) is 0 Å². The number of methoxy groups -OCH3 is 1. The average molecular weight is 286 g/mol. The van der Waals surface area contributed by atoms with Crippen molar-refractivity contribution in [2.75, 3.05) is 31.4 Å². The first-order valence-corrected chi connectivity index (χ1v) is 7.00. The van der Waals surface area contributed by atoms with Crippen LogP contribution in [-0.4, -0.2) is 20.3 Å². The maximum Gasteiger partial charge on any atom is 0.142 e. The zero-order valence-corrected chi connectivity index (χ0v) is 12.6. The van der Waals surface area contributed by atoms with Crippen molar-refractivity contribution in [2.24, 2.45) is 0 Å². The molecule has 2 aromatic rings. The summed E-state index contributed by atoms with van der Waals surface area (Å²) in [4.78, 5) is 0. The van der Waals surface area contributed by atoms with E-state index in [1.165, 1.54) is 0 Å². The number of nitrogens with two attached hydrogens (primary N) is 1. The van der Waals surface area contributed by atoms with Crippen LogP contribution in [-0.2, 0) is 11.3 Å². The van der Waals surface area contributed by atoms with Crippen molar-refractivity contribution in [3.63, 3.8) is 0 Å². The van der Waals surface area contributed by atoms with Gasteiger partial charge in [0.25, 0.3) is 0 Å². The Balaban J connectivity index is 2.06. The number of benzene rings is 2. The van der Waals surface area contributed by atoms with Gasteiger partial charge in [-0.05, 0) is 36.2 Å². The summed E-state index contributed by atoms with van der Waals surface area (Å²) in [6.07, 6.45) is 0. The highest BCUT2D eigenvalue weighted by Crippen LogP contribution is 2.26. The summed E-state index contributed by atoms with van der Waals surface area (Å²) < 4.78 is 10.8. The van der Waals surface area contributed by atoms with Gasteiger partial charge in [-0.2, -0.15) is 0 Å². The van der Waals surface area contributed by atoms with E-state index in [4.69, 9.17) is 15.2 Å². The number of nitrogens with one attached hydrogen (secondary N) is 1. The van der Waals surface area contributed by atoms with Crippen LogP contribution < -0.4 is 15.8 Å². The monoisotopic (exact) mass is 286 g/mol. The summed E-state index contributed by atoms with van der Waals surface area (Å²) in [5.41, 5.74) is 9.94. The second-order valence-electron chi connectivity index (χ2n) is 4.89. The summed E-state index contributed by atoms with van der Waals surface area (Å²) in [5.74, 6) is 0.835. The molecule has 2 aromatic carbocycles. The molecular formula is C17H22N2O2. The van der Waals surface area contributed by atoms with Crippen molar-refractivity contribution in [3.8, 4) is 5.75 Å². The molecule has 0 atom stereocenters. The minimum absolute atomic E-state index is 0.530. The number of hydrogen-bond acceptors (Lipinski definition) is 4. The lowest BCUT2D eigenvalue weighted by Crippen LogP contribution is -2.08. The molecular weight excluding hydrogens is 264 g/mol. The normalized spacial score (nSPS) is 10.4. The highest BCUT2D eigenvalue weighted by atomic mass is 16.5. The summed E-state index contributed by atoms with van der Waals surface area (Å²) in [6.45, 7) is 3.81. The van der Waals surface area contributed by atoms with Gasteiger partial charge in [0.2, 0.25) is 0 Å². The molecule has 0 aliphatic heterocycles. The van der Waals surface area contributed by atoms with Gasteiger partial charge in [-0.3, -0.25) is 0 Å². The second kappa shape index (κ2) is 7.55. The fourth-order valence-electron chi connectivity index (χ4n) is 2.02. The summed E-state index contributed by atoms with van der Waals surface area (Å²) >= 11 is 0. The number of nitrogen functional groups attached to an aromatic ring is 1. The van der Waals surface area contributed by atoms with E-state index in [9.17, 15) is 0 Å². The first kappa shape index (κ1) is 15.2. The summed E-state index contributed by atoms with van der Waals surface area (Å²) in [5, 5.41) is 3.38. The Morgan fingerprint density at radius 2 is 1.90 bits per heavy atom. The lowest BCUT2D eigenvalue weighted by Gasteiger charge is -2.14. The van der Waals surface area contributed by atoms with Crippen molar-refractivity contribution in [1.82, 2.24) is 0 Å². The summed E-state index contributed by atoms with van der Waals surface area (Å²) in [6, 6.07) is 13.9. The fourth-order valence-corrected chi connectivity index (χ4v) is 2.02. The van der Waals surface area contributed by atoms with Gasteiger partial charge in [0.1, 0.15) is 12.4 Å². The van der Waals surface area contributed by atoms with Crippen LogP contribution in [0.15, 0.2) is 42.5 Å². The Kier molecular flexibility index (Phi) is 5.46. The SMILES string of the molecule is COCCOc1cc(C)ccc1NCc1ccccc1N. The molecule has 0 amide bonds. The van der Waals surface area contributed by atoms with E-state index in [0.717, 1.165) is 28.3 Å². The standard InChI is InChI=1S/C17H22N2O2/c1-13-7-8-16(17(11-13)21-10-9-20-2)19-12-14-5-3-4-6-15(14)18/h3-8,11,19H,9-10,12,18H2,1-2H3. The van der Waals surface area contributed by atoms with Crippen LogP contribution in [0, 0.1) is 6.92 Å².